The van der Waals surface area contributed by atoms with E-state index in [4.69, 9.17) is 10.3 Å². The van der Waals surface area contributed by atoms with E-state index < -0.39 is 0 Å². The molecule has 0 saturated heterocycles. The van der Waals surface area contributed by atoms with E-state index >= 15 is 0 Å². The number of nitrogen functional groups attached to an aromatic ring is 1. The smallest absolute Gasteiger partial charge is 0.327 e. The highest BCUT2D eigenvalue weighted by Gasteiger charge is 2.21. The minimum atomic E-state index is -0.337. The molecule has 3 rings (SSSR count). The molecular formula is C21H22N6O2. The van der Waals surface area contributed by atoms with E-state index in [2.05, 4.69) is 32.3 Å². The molecule has 0 atom stereocenters. The van der Waals surface area contributed by atoms with Gasteiger partial charge >= 0.3 is 6.03 Å². The zero-order valence-corrected chi connectivity index (χ0v) is 16.7. The Labute approximate surface area is 169 Å². The van der Waals surface area contributed by atoms with Crippen molar-refractivity contribution in [1.82, 2.24) is 15.1 Å². The lowest BCUT2D eigenvalue weighted by molar-refractivity contribution is 0.257. The fraction of sp³-hybridized carbons (Fsp3) is 0.238. The summed E-state index contributed by atoms with van der Waals surface area (Å²) in [6, 6.07) is 8.71. The minimum absolute atomic E-state index is 0.190. The Morgan fingerprint density at radius 2 is 1.83 bits per heavy atom. The van der Waals surface area contributed by atoms with Gasteiger partial charge in [-0.25, -0.2) is 14.8 Å². The van der Waals surface area contributed by atoms with Crippen molar-refractivity contribution in [3.8, 4) is 11.8 Å². The number of hydrogen-bond donors (Lipinski definition) is 2. The third-order valence-electron chi connectivity index (χ3n) is 4.05. The van der Waals surface area contributed by atoms with Gasteiger partial charge in [0.05, 0.1) is 5.56 Å². The van der Waals surface area contributed by atoms with Crippen LogP contribution in [0, 0.1) is 11.8 Å². The first-order valence-electron chi connectivity index (χ1n) is 8.94. The fourth-order valence-corrected chi connectivity index (χ4v) is 2.34. The van der Waals surface area contributed by atoms with Crippen LogP contribution >= 0.6 is 0 Å². The summed E-state index contributed by atoms with van der Waals surface area (Å²) in [6.07, 6.45) is 3.12. The number of aromatic nitrogens is 3. The second-order valence-electron chi connectivity index (χ2n) is 7.45. The van der Waals surface area contributed by atoms with Crippen molar-refractivity contribution in [3.05, 3.63) is 59.6 Å². The van der Waals surface area contributed by atoms with Crippen LogP contribution in [0.25, 0.3) is 0 Å². The van der Waals surface area contributed by atoms with E-state index in [1.165, 1.54) is 4.90 Å². The van der Waals surface area contributed by atoms with Crippen LogP contribution in [-0.4, -0.2) is 28.2 Å². The van der Waals surface area contributed by atoms with Gasteiger partial charge in [0.1, 0.15) is 5.76 Å². The summed E-state index contributed by atoms with van der Waals surface area (Å²) >= 11 is 0. The molecule has 0 unspecified atom stereocenters. The summed E-state index contributed by atoms with van der Waals surface area (Å²) in [6.45, 7) is 6.02. The Balaban J connectivity index is 1.72. The van der Waals surface area contributed by atoms with Gasteiger partial charge in [0.25, 0.3) is 0 Å². The monoisotopic (exact) mass is 390 g/mol. The predicted octanol–water partition coefficient (Wildman–Crippen LogP) is 3.41. The molecule has 29 heavy (non-hydrogen) atoms. The van der Waals surface area contributed by atoms with Gasteiger partial charge in [-0.1, -0.05) is 43.8 Å². The number of rotatable bonds is 2. The van der Waals surface area contributed by atoms with Gasteiger partial charge in [-0.3, -0.25) is 10.2 Å². The van der Waals surface area contributed by atoms with Crippen LogP contribution in [0.1, 0.15) is 37.7 Å². The summed E-state index contributed by atoms with van der Waals surface area (Å²) in [5.74, 6) is 7.26. The molecule has 8 heteroatoms. The zero-order valence-electron chi connectivity index (χ0n) is 16.7. The Morgan fingerprint density at radius 3 is 2.48 bits per heavy atom. The molecule has 0 aliphatic heterocycles. The number of carbonyl (C=O) groups excluding carboxylic acids is 1. The standard InChI is InChI=1S/C21H22N6O2/c1-21(2,3)17-11-18(26-29-17)25-20(28)27(4)16-7-5-6-14(10-16)8-9-15-12-23-19(22)24-13-15/h5-7,10-13H,1-4H3,(H2,22,23,24)(H,25,26,28). The number of benzene rings is 1. The van der Waals surface area contributed by atoms with Crippen LogP contribution in [-0.2, 0) is 5.41 Å². The van der Waals surface area contributed by atoms with E-state index in [9.17, 15) is 4.79 Å². The van der Waals surface area contributed by atoms with Crippen LogP contribution in [0.2, 0.25) is 0 Å². The highest BCUT2D eigenvalue weighted by molar-refractivity contribution is 6.00. The van der Waals surface area contributed by atoms with E-state index in [1.54, 1.807) is 25.5 Å². The van der Waals surface area contributed by atoms with Crippen molar-refractivity contribution < 1.29 is 9.32 Å². The Hall–Kier alpha value is -3.86. The molecule has 0 saturated carbocycles. The van der Waals surface area contributed by atoms with Crippen LogP contribution < -0.4 is 16.0 Å². The molecule has 0 radical (unpaired) electrons. The second kappa shape index (κ2) is 8.02. The molecule has 8 nitrogen and oxygen atoms in total. The minimum Gasteiger partial charge on any atom is -0.368 e. The summed E-state index contributed by atoms with van der Waals surface area (Å²) in [5.41, 5.74) is 7.36. The van der Waals surface area contributed by atoms with Gasteiger partial charge in [-0.15, -0.1) is 0 Å². The largest absolute Gasteiger partial charge is 0.368 e. The van der Waals surface area contributed by atoms with Gasteiger partial charge in [-0.05, 0) is 18.2 Å². The summed E-state index contributed by atoms with van der Waals surface area (Å²) in [4.78, 5) is 21.9. The molecule has 0 bridgehead atoms. The predicted molar refractivity (Wildman–Crippen MR) is 111 cm³/mol. The first kappa shape index (κ1) is 19.9. The molecule has 0 aliphatic carbocycles. The first-order valence-corrected chi connectivity index (χ1v) is 8.94. The molecule has 0 fully saturated rings. The Kier molecular flexibility index (Phi) is 5.50. The first-order chi connectivity index (χ1) is 13.7. The number of anilines is 3. The summed E-state index contributed by atoms with van der Waals surface area (Å²) in [7, 11) is 1.67. The molecular weight excluding hydrogens is 368 g/mol. The summed E-state index contributed by atoms with van der Waals surface area (Å²) < 4.78 is 5.30. The normalized spacial score (nSPS) is 10.8. The molecule has 2 heterocycles. The SMILES string of the molecule is CN(C(=O)Nc1cc(C(C)(C)C)on1)c1cccc(C#Cc2cnc(N)nc2)c1. The number of nitrogens with two attached hydrogens (primary N) is 1. The van der Waals surface area contributed by atoms with Crippen LogP contribution in [0.5, 0.6) is 0 Å². The van der Waals surface area contributed by atoms with E-state index in [0.717, 1.165) is 5.56 Å². The Bertz CT molecular complexity index is 1070. The highest BCUT2D eigenvalue weighted by atomic mass is 16.5. The molecule has 3 N–H and O–H groups in total. The molecule has 0 spiro atoms. The van der Waals surface area contributed by atoms with Gasteiger partial charge in [0, 0.05) is 42.2 Å². The van der Waals surface area contributed by atoms with Crippen molar-refractivity contribution in [2.24, 2.45) is 0 Å². The van der Waals surface area contributed by atoms with E-state index in [1.807, 2.05) is 45.0 Å². The van der Waals surface area contributed by atoms with Gasteiger partial charge in [0.2, 0.25) is 5.95 Å². The number of nitrogens with zero attached hydrogens (tertiary/aromatic N) is 4. The number of urea groups is 1. The third-order valence-corrected chi connectivity index (χ3v) is 4.05. The van der Waals surface area contributed by atoms with Crippen LogP contribution in [0.15, 0.2) is 47.2 Å². The number of carbonyl (C=O) groups is 1. The van der Waals surface area contributed by atoms with Gasteiger partial charge < -0.3 is 10.3 Å². The average molecular weight is 390 g/mol. The molecule has 2 amide bonds. The van der Waals surface area contributed by atoms with Crippen LogP contribution in [0.3, 0.4) is 0 Å². The quantitative estimate of drug-likeness (QED) is 0.649. The second-order valence-corrected chi connectivity index (χ2v) is 7.45. The van der Waals surface area contributed by atoms with E-state index in [0.29, 0.717) is 22.8 Å². The lowest BCUT2D eigenvalue weighted by Gasteiger charge is -2.17. The highest BCUT2D eigenvalue weighted by Crippen LogP contribution is 2.24. The van der Waals surface area contributed by atoms with Crippen molar-refractivity contribution in [1.29, 1.82) is 0 Å². The molecule has 0 aliphatic rings. The lowest BCUT2D eigenvalue weighted by atomic mass is 9.93. The van der Waals surface area contributed by atoms with Crippen LogP contribution in [0.4, 0.5) is 22.2 Å². The lowest BCUT2D eigenvalue weighted by Crippen LogP contribution is -2.31. The molecule has 1 aromatic carbocycles. The zero-order chi connectivity index (χ0) is 21.0. The number of nitrogens with one attached hydrogen (secondary N) is 1. The van der Waals surface area contributed by atoms with Crippen molar-refractivity contribution in [2.75, 3.05) is 23.0 Å². The maximum Gasteiger partial charge on any atom is 0.327 e. The average Bonchev–Trinajstić information content (AvgIpc) is 3.16. The van der Waals surface area contributed by atoms with Crippen molar-refractivity contribution in [2.45, 2.75) is 26.2 Å². The number of amides is 2. The van der Waals surface area contributed by atoms with Crippen molar-refractivity contribution in [3.63, 3.8) is 0 Å². The van der Waals surface area contributed by atoms with Gasteiger partial charge in [-0.2, -0.15) is 0 Å². The topological polar surface area (TPSA) is 110 Å². The molecule has 3 aromatic rings. The molecule has 2 aromatic heterocycles. The van der Waals surface area contributed by atoms with Gasteiger partial charge in [0.15, 0.2) is 5.82 Å². The van der Waals surface area contributed by atoms with E-state index in [-0.39, 0.29) is 17.4 Å². The third kappa shape index (κ3) is 5.11. The maximum atomic E-state index is 12.6. The fourth-order valence-electron chi connectivity index (χ4n) is 2.34. The molecule has 148 valence electrons. The Morgan fingerprint density at radius 1 is 1.14 bits per heavy atom. The maximum absolute atomic E-state index is 12.6. The number of hydrogen-bond acceptors (Lipinski definition) is 6. The summed E-state index contributed by atoms with van der Waals surface area (Å²) in [5, 5.41) is 6.64. The van der Waals surface area contributed by atoms with Crippen molar-refractivity contribution >= 4 is 23.5 Å².